The smallest absolute Gasteiger partial charge is 0.143 e. The van der Waals surface area contributed by atoms with Gasteiger partial charge in [0.05, 0.1) is 5.69 Å². The van der Waals surface area contributed by atoms with Crippen LogP contribution in [-0.2, 0) is 0 Å². The Morgan fingerprint density at radius 1 is 0.304 bits per heavy atom. The van der Waals surface area contributed by atoms with Crippen molar-refractivity contribution in [1.29, 1.82) is 0 Å². The first kappa shape index (κ1) is 32.0. The van der Waals surface area contributed by atoms with Gasteiger partial charge in [-0.15, -0.1) is 0 Å². The van der Waals surface area contributed by atoms with Crippen LogP contribution in [0.1, 0.15) is 0 Å². The standard InChI is InChI=1S/C54H35NO/c1-2-12-37(13-3-1)45-17-10-11-21-52(45)55(43-30-24-39(25-31-43)51-34-41-15-5-6-16-44(41)47-19-8-9-20-48(47)51)42-28-22-36(23-29-42)40-27-32-49-50-33-26-38-14-4-7-18-46(38)54(50)56-53(49)35-40/h1-35H. The highest BCUT2D eigenvalue weighted by Crippen LogP contribution is 2.43. The summed E-state index contributed by atoms with van der Waals surface area (Å²) < 4.78 is 6.54. The van der Waals surface area contributed by atoms with Crippen LogP contribution in [-0.4, -0.2) is 0 Å². The largest absolute Gasteiger partial charge is 0.455 e. The molecule has 2 nitrogen and oxygen atoms in total. The highest BCUT2D eigenvalue weighted by molar-refractivity contribution is 6.16. The van der Waals surface area contributed by atoms with Gasteiger partial charge in [0.25, 0.3) is 0 Å². The summed E-state index contributed by atoms with van der Waals surface area (Å²) in [5.41, 5.74) is 12.2. The minimum absolute atomic E-state index is 0.899. The second kappa shape index (κ2) is 13.2. The number of benzene rings is 10. The summed E-state index contributed by atoms with van der Waals surface area (Å²) in [4.78, 5) is 2.38. The molecule has 0 bridgehead atoms. The van der Waals surface area contributed by atoms with Gasteiger partial charge in [-0.25, -0.2) is 0 Å². The normalized spacial score (nSPS) is 11.6. The molecule has 1 aromatic heterocycles. The van der Waals surface area contributed by atoms with Crippen molar-refractivity contribution < 1.29 is 4.42 Å². The Bertz CT molecular complexity index is 3230. The third-order valence-corrected chi connectivity index (χ3v) is 11.3. The molecule has 0 radical (unpaired) electrons. The average Bonchev–Trinajstić information content (AvgIpc) is 3.66. The Labute approximate surface area is 325 Å². The summed E-state index contributed by atoms with van der Waals surface area (Å²) in [6, 6.07) is 76.4. The number of hydrogen-bond acceptors (Lipinski definition) is 2. The lowest BCUT2D eigenvalue weighted by Crippen LogP contribution is -2.11. The van der Waals surface area contributed by atoms with Gasteiger partial charge in [-0.2, -0.15) is 0 Å². The van der Waals surface area contributed by atoms with Crippen molar-refractivity contribution in [3.8, 4) is 33.4 Å². The molecule has 0 fully saturated rings. The lowest BCUT2D eigenvalue weighted by Gasteiger charge is -2.28. The van der Waals surface area contributed by atoms with E-state index in [9.17, 15) is 0 Å². The van der Waals surface area contributed by atoms with Crippen molar-refractivity contribution in [3.63, 3.8) is 0 Å². The molecule has 0 atom stereocenters. The molecule has 0 saturated carbocycles. The number of fused-ring (bicyclic) bond motifs is 8. The Morgan fingerprint density at radius 2 is 0.875 bits per heavy atom. The van der Waals surface area contributed by atoms with Crippen molar-refractivity contribution in [1.82, 2.24) is 0 Å². The minimum Gasteiger partial charge on any atom is -0.455 e. The monoisotopic (exact) mass is 713 g/mol. The molecular weight excluding hydrogens is 679 g/mol. The molecule has 2 heteroatoms. The van der Waals surface area contributed by atoms with Crippen molar-refractivity contribution >= 4 is 71.3 Å². The van der Waals surface area contributed by atoms with Gasteiger partial charge in [0.15, 0.2) is 0 Å². The summed E-state index contributed by atoms with van der Waals surface area (Å²) in [6.45, 7) is 0. The predicted octanol–water partition coefficient (Wildman–Crippen LogP) is 15.5. The van der Waals surface area contributed by atoms with Crippen LogP contribution in [0, 0.1) is 0 Å². The van der Waals surface area contributed by atoms with Gasteiger partial charge in [0, 0.05) is 33.1 Å². The van der Waals surface area contributed by atoms with Gasteiger partial charge in [0.1, 0.15) is 11.2 Å². The molecule has 56 heavy (non-hydrogen) atoms. The van der Waals surface area contributed by atoms with E-state index in [-0.39, 0.29) is 0 Å². The predicted molar refractivity (Wildman–Crippen MR) is 237 cm³/mol. The fraction of sp³-hybridized carbons (Fsp3) is 0. The maximum atomic E-state index is 6.54. The van der Waals surface area contributed by atoms with Crippen LogP contribution in [0.3, 0.4) is 0 Å². The number of rotatable bonds is 6. The van der Waals surface area contributed by atoms with Gasteiger partial charge in [-0.05, 0) is 109 Å². The molecule has 0 saturated heterocycles. The zero-order chi connectivity index (χ0) is 37.0. The molecule has 0 aliphatic rings. The Hall–Kier alpha value is -7.42. The van der Waals surface area contributed by atoms with Crippen LogP contribution in [0.4, 0.5) is 17.1 Å². The molecule has 0 aliphatic heterocycles. The first-order chi connectivity index (χ1) is 27.8. The molecular formula is C54H35NO. The Balaban J connectivity index is 1.01. The lowest BCUT2D eigenvalue weighted by atomic mass is 9.93. The van der Waals surface area contributed by atoms with Crippen LogP contribution >= 0.6 is 0 Å². The molecule has 0 aliphatic carbocycles. The maximum absolute atomic E-state index is 6.54. The molecule has 10 aromatic carbocycles. The molecule has 0 unspecified atom stereocenters. The van der Waals surface area contributed by atoms with E-state index in [1.165, 1.54) is 49.2 Å². The van der Waals surface area contributed by atoms with E-state index in [0.29, 0.717) is 0 Å². The van der Waals surface area contributed by atoms with Gasteiger partial charge in [0.2, 0.25) is 0 Å². The molecule has 1 heterocycles. The van der Waals surface area contributed by atoms with Crippen LogP contribution in [0.25, 0.3) is 87.6 Å². The number of anilines is 3. The maximum Gasteiger partial charge on any atom is 0.143 e. The Morgan fingerprint density at radius 3 is 1.66 bits per heavy atom. The highest BCUT2D eigenvalue weighted by Gasteiger charge is 2.19. The molecule has 0 amide bonds. The van der Waals surface area contributed by atoms with Gasteiger partial charge in [-0.1, -0.05) is 158 Å². The first-order valence-corrected chi connectivity index (χ1v) is 19.2. The topological polar surface area (TPSA) is 16.4 Å². The van der Waals surface area contributed by atoms with Crippen LogP contribution < -0.4 is 4.90 Å². The van der Waals surface area contributed by atoms with Crippen molar-refractivity contribution in [2.45, 2.75) is 0 Å². The van der Waals surface area contributed by atoms with E-state index in [4.69, 9.17) is 4.42 Å². The van der Waals surface area contributed by atoms with Crippen molar-refractivity contribution in [3.05, 3.63) is 212 Å². The third kappa shape index (κ3) is 5.34. The summed E-state index contributed by atoms with van der Waals surface area (Å²) in [6.07, 6.45) is 0. The lowest BCUT2D eigenvalue weighted by molar-refractivity contribution is 0.673. The van der Waals surface area contributed by atoms with E-state index in [0.717, 1.165) is 55.5 Å². The van der Waals surface area contributed by atoms with Gasteiger partial charge < -0.3 is 9.32 Å². The van der Waals surface area contributed by atoms with Crippen molar-refractivity contribution in [2.24, 2.45) is 0 Å². The fourth-order valence-corrected chi connectivity index (χ4v) is 8.53. The molecule has 262 valence electrons. The van der Waals surface area contributed by atoms with E-state index in [2.05, 4.69) is 217 Å². The fourth-order valence-electron chi connectivity index (χ4n) is 8.53. The number of nitrogens with zero attached hydrogens (tertiary/aromatic N) is 1. The molecule has 11 aromatic rings. The number of furan rings is 1. The van der Waals surface area contributed by atoms with E-state index >= 15 is 0 Å². The van der Waals surface area contributed by atoms with Crippen molar-refractivity contribution in [2.75, 3.05) is 4.90 Å². The summed E-state index contributed by atoms with van der Waals surface area (Å²) in [7, 11) is 0. The van der Waals surface area contributed by atoms with Gasteiger partial charge >= 0.3 is 0 Å². The van der Waals surface area contributed by atoms with E-state index < -0.39 is 0 Å². The zero-order valence-corrected chi connectivity index (χ0v) is 30.6. The summed E-state index contributed by atoms with van der Waals surface area (Å²) in [5.74, 6) is 0. The van der Waals surface area contributed by atoms with Gasteiger partial charge in [-0.3, -0.25) is 0 Å². The molecule has 11 rings (SSSR count). The highest BCUT2D eigenvalue weighted by atomic mass is 16.3. The Kier molecular flexibility index (Phi) is 7.53. The summed E-state index contributed by atoms with van der Waals surface area (Å²) >= 11 is 0. The van der Waals surface area contributed by atoms with Crippen LogP contribution in [0.5, 0.6) is 0 Å². The average molecular weight is 714 g/mol. The second-order valence-electron chi connectivity index (χ2n) is 14.5. The van der Waals surface area contributed by atoms with E-state index in [1.807, 2.05) is 0 Å². The number of para-hydroxylation sites is 1. The molecule has 0 N–H and O–H groups in total. The zero-order valence-electron chi connectivity index (χ0n) is 30.6. The first-order valence-electron chi connectivity index (χ1n) is 19.2. The SMILES string of the molecule is c1ccc(-c2ccccc2N(c2ccc(-c3ccc4c(c3)oc3c5ccccc5ccc43)cc2)c2ccc(-c3cc4ccccc4c4ccccc34)cc2)cc1. The minimum atomic E-state index is 0.899. The quantitative estimate of drug-likeness (QED) is 0.160. The van der Waals surface area contributed by atoms with E-state index in [1.54, 1.807) is 0 Å². The summed E-state index contributed by atoms with van der Waals surface area (Å²) in [5, 5.41) is 9.67. The van der Waals surface area contributed by atoms with Crippen LogP contribution in [0.15, 0.2) is 217 Å². The second-order valence-corrected chi connectivity index (χ2v) is 14.5. The third-order valence-electron chi connectivity index (χ3n) is 11.3. The van der Waals surface area contributed by atoms with Crippen LogP contribution in [0.2, 0.25) is 0 Å². The molecule has 0 spiro atoms. The number of hydrogen-bond donors (Lipinski definition) is 0.